The molecule has 1 aliphatic heterocycles. The number of nitriles is 1. The lowest BCUT2D eigenvalue weighted by Crippen LogP contribution is -2.44. The molecule has 10 heteroatoms. The Hall–Kier alpha value is -3.55. The molecule has 3 rings (SSSR count). The fourth-order valence-corrected chi connectivity index (χ4v) is 5.03. The smallest absolute Gasteiger partial charge is 0.410 e. The minimum Gasteiger partial charge on any atom is -0.490 e. The van der Waals surface area contributed by atoms with E-state index in [9.17, 15) is 14.9 Å². The van der Waals surface area contributed by atoms with Gasteiger partial charge in [0.15, 0.2) is 8.32 Å². The van der Waals surface area contributed by atoms with Gasteiger partial charge in [-0.05, 0) is 80.9 Å². The van der Waals surface area contributed by atoms with Crippen LogP contribution in [0.1, 0.15) is 65.5 Å². The Balaban J connectivity index is 1.50. The van der Waals surface area contributed by atoms with Gasteiger partial charge in [-0.2, -0.15) is 5.26 Å². The Bertz CT molecular complexity index is 1270. The SMILES string of the molecule is CC(C)(C)OC(=O)N1CCC(Oc2ccc(NC(=O)CNc3cc(C#N)ccc3CO[Si](C)(C)C(C)(C)C)cc2)CC1. The van der Waals surface area contributed by atoms with Crippen LogP contribution < -0.4 is 15.4 Å². The second-order valence-electron chi connectivity index (χ2n) is 13.2. The molecule has 2 aromatic carbocycles. The first-order valence-corrected chi connectivity index (χ1v) is 17.4. The maximum Gasteiger partial charge on any atom is 0.410 e. The molecule has 0 saturated carbocycles. The summed E-state index contributed by atoms with van der Waals surface area (Å²) in [5, 5.41) is 15.5. The number of hydrogen-bond acceptors (Lipinski definition) is 7. The zero-order valence-electron chi connectivity index (χ0n) is 26.3. The highest BCUT2D eigenvalue weighted by molar-refractivity contribution is 6.74. The van der Waals surface area contributed by atoms with Crippen molar-refractivity contribution < 1.29 is 23.5 Å². The molecule has 2 amide bonds. The summed E-state index contributed by atoms with van der Waals surface area (Å²) in [6, 6.07) is 14.8. The number of benzene rings is 2. The Morgan fingerprint density at radius 1 is 1.02 bits per heavy atom. The normalized spacial score (nSPS) is 14.6. The van der Waals surface area contributed by atoms with Crippen LogP contribution in [-0.2, 0) is 20.6 Å². The molecule has 0 aromatic heterocycles. The molecule has 1 heterocycles. The van der Waals surface area contributed by atoms with Gasteiger partial charge in [0, 0.05) is 37.3 Å². The van der Waals surface area contributed by atoms with Crippen LogP contribution in [0.25, 0.3) is 0 Å². The van der Waals surface area contributed by atoms with Gasteiger partial charge in [-0.3, -0.25) is 4.79 Å². The summed E-state index contributed by atoms with van der Waals surface area (Å²) >= 11 is 0. The summed E-state index contributed by atoms with van der Waals surface area (Å²) in [6.45, 7) is 18.2. The van der Waals surface area contributed by atoms with Gasteiger partial charge in [-0.25, -0.2) is 4.79 Å². The molecule has 0 aliphatic carbocycles. The molecule has 1 fully saturated rings. The van der Waals surface area contributed by atoms with Crippen LogP contribution in [-0.4, -0.2) is 56.6 Å². The second-order valence-corrected chi connectivity index (χ2v) is 18.1. The quantitative estimate of drug-likeness (QED) is 0.303. The van der Waals surface area contributed by atoms with Gasteiger partial charge in [0.25, 0.3) is 0 Å². The van der Waals surface area contributed by atoms with Gasteiger partial charge < -0.3 is 29.4 Å². The summed E-state index contributed by atoms with van der Waals surface area (Å²) < 4.78 is 17.9. The van der Waals surface area contributed by atoms with E-state index in [-0.39, 0.29) is 29.7 Å². The lowest BCUT2D eigenvalue weighted by atomic mass is 10.1. The summed E-state index contributed by atoms with van der Waals surface area (Å²) in [6.07, 6.45) is 1.16. The fraction of sp³-hybridized carbons (Fsp3) is 0.531. The molecule has 2 N–H and O–H groups in total. The van der Waals surface area contributed by atoms with E-state index in [0.29, 0.717) is 42.4 Å². The lowest BCUT2D eigenvalue weighted by molar-refractivity contribution is -0.114. The topological polar surface area (TPSA) is 113 Å². The number of carbonyl (C=O) groups is 2. The maximum absolute atomic E-state index is 12.7. The highest BCUT2D eigenvalue weighted by Gasteiger charge is 2.37. The van der Waals surface area contributed by atoms with Gasteiger partial charge in [0.1, 0.15) is 17.5 Å². The molecule has 0 atom stereocenters. The summed E-state index contributed by atoms with van der Waals surface area (Å²) in [4.78, 5) is 26.7. The number of likely N-dealkylation sites (tertiary alicyclic amines) is 1. The van der Waals surface area contributed by atoms with E-state index in [2.05, 4.69) is 50.6 Å². The third-order valence-electron chi connectivity index (χ3n) is 7.61. The lowest BCUT2D eigenvalue weighted by Gasteiger charge is -2.36. The van der Waals surface area contributed by atoms with Crippen molar-refractivity contribution in [3.05, 3.63) is 53.6 Å². The van der Waals surface area contributed by atoms with Crippen molar-refractivity contribution in [1.82, 2.24) is 4.90 Å². The zero-order valence-corrected chi connectivity index (χ0v) is 27.3. The molecule has 1 saturated heterocycles. The number of nitrogens with one attached hydrogen (secondary N) is 2. The first-order valence-electron chi connectivity index (χ1n) is 14.5. The van der Waals surface area contributed by atoms with E-state index >= 15 is 0 Å². The number of nitrogens with zero attached hydrogens (tertiary/aromatic N) is 2. The van der Waals surface area contributed by atoms with Crippen LogP contribution >= 0.6 is 0 Å². The Morgan fingerprint density at radius 3 is 2.24 bits per heavy atom. The molecule has 0 spiro atoms. The van der Waals surface area contributed by atoms with Crippen molar-refractivity contribution in [2.75, 3.05) is 30.3 Å². The molecule has 0 radical (unpaired) electrons. The van der Waals surface area contributed by atoms with Crippen LogP contribution in [0.4, 0.5) is 16.2 Å². The predicted octanol–water partition coefficient (Wildman–Crippen LogP) is 6.91. The number of piperidine rings is 1. The highest BCUT2D eigenvalue weighted by Crippen LogP contribution is 2.37. The molecule has 9 nitrogen and oxygen atoms in total. The van der Waals surface area contributed by atoms with Crippen LogP contribution in [0.3, 0.4) is 0 Å². The van der Waals surface area contributed by atoms with Crippen molar-refractivity contribution in [2.24, 2.45) is 0 Å². The average Bonchev–Trinajstić information content (AvgIpc) is 2.91. The molecular weight excluding hydrogens is 548 g/mol. The van der Waals surface area contributed by atoms with E-state index < -0.39 is 13.9 Å². The minimum atomic E-state index is -1.97. The number of ether oxygens (including phenoxy) is 2. The summed E-state index contributed by atoms with van der Waals surface area (Å²) in [7, 11) is -1.97. The van der Waals surface area contributed by atoms with E-state index in [0.717, 1.165) is 18.4 Å². The van der Waals surface area contributed by atoms with Crippen LogP contribution in [0.5, 0.6) is 5.75 Å². The maximum atomic E-state index is 12.7. The van der Waals surface area contributed by atoms with E-state index in [4.69, 9.17) is 13.9 Å². The Labute approximate surface area is 251 Å². The van der Waals surface area contributed by atoms with Crippen molar-refractivity contribution in [2.45, 2.75) is 90.8 Å². The molecule has 2 aromatic rings. The van der Waals surface area contributed by atoms with Crippen molar-refractivity contribution in [3.63, 3.8) is 0 Å². The standard InChI is InChI=1S/C32H46N4O5Si/c1-31(2,3)41-30(38)36-17-15-27(16-18-36)40-26-13-11-25(12-14-26)35-29(37)21-34-28-19-23(20-33)9-10-24(28)22-39-42(7,8)32(4,5)6/h9-14,19,27,34H,15-18,21-22H2,1-8H3,(H,35,37). The highest BCUT2D eigenvalue weighted by atomic mass is 28.4. The monoisotopic (exact) mass is 594 g/mol. The second kappa shape index (κ2) is 13.6. The van der Waals surface area contributed by atoms with Crippen molar-refractivity contribution >= 4 is 31.7 Å². The number of carbonyl (C=O) groups excluding carboxylic acids is 2. The molecule has 1 aliphatic rings. The van der Waals surface area contributed by atoms with Crippen LogP contribution in [0.15, 0.2) is 42.5 Å². The number of anilines is 2. The molecule has 42 heavy (non-hydrogen) atoms. The summed E-state index contributed by atoms with van der Waals surface area (Å²) in [5.74, 6) is 0.498. The minimum absolute atomic E-state index is 0.00678. The third-order valence-corrected chi connectivity index (χ3v) is 12.1. The van der Waals surface area contributed by atoms with Crippen LogP contribution in [0.2, 0.25) is 18.1 Å². The molecule has 0 unspecified atom stereocenters. The van der Waals surface area contributed by atoms with Gasteiger partial charge in [-0.1, -0.05) is 26.8 Å². The number of amides is 2. The third kappa shape index (κ3) is 9.77. The zero-order chi connectivity index (χ0) is 31.1. The van der Waals surface area contributed by atoms with Gasteiger partial charge >= 0.3 is 6.09 Å². The molecular formula is C32H46N4O5Si. The number of rotatable bonds is 9. The molecule has 228 valence electrons. The van der Waals surface area contributed by atoms with E-state index in [1.165, 1.54) is 0 Å². The fourth-order valence-electron chi connectivity index (χ4n) is 4.08. The first-order chi connectivity index (χ1) is 19.6. The number of hydrogen-bond donors (Lipinski definition) is 2. The Morgan fingerprint density at radius 2 is 1.67 bits per heavy atom. The Kier molecular flexibility index (Phi) is 10.7. The largest absolute Gasteiger partial charge is 0.490 e. The summed E-state index contributed by atoms with van der Waals surface area (Å²) in [5.41, 5.74) is 2.28. The molecule has 0 bridgehead atoms. The van der Waals surface area contributed by atoms with Crippen LogP contribution in [0, 0.1) is 11.3 Å². The van der Waals surface area contributed by atoms with E-state index in [1.807, 2.05) is 39.0 Å². The van der Waals surface area contributed by atoms with Gasteiger partial charge in [0.05, 0.1) is 24.8 Å². The first kappa shape index (κ1) is 33.0. The predicted molar refractivity (Wildman–Crippen MR) is 168 cm³/mol. The average molecular weight is 595 g/mol. The van der Waals surface area contributed by atoms with E-state index in [1.54, 1.807) is 29.2 Å². The van der Waals surface area contributed by atoms with Gasteiger partial charge in [-0.15, -0.1) is 0 Å². The van der Waals surface area contributed by atoms with Crippen molar-refractivity contribution in [1.29, 1.82) is 5.26 Å². The van der Waals surface area contributed by atoms with Crippen molar-refractivity contribution in [3.8, 4) is 11.8 Å². The van der Waals surface area contributed by atoms with Gasteiger partial charge in [0.2, 0.25) is 5.91 Å².